The van der Waals surface area contributed by atoms with Gasteiger partial charge in [0.25, 0.3) is 0 Å². The summed E-state index contributed by atoms with van der Waals surface area (Å²) in [5.41, 5.74) is 1.99. The Morgan fingerprint density at radius 3 is 2.25 bits per heavy atom. The summed E-state index contributed by atoms with van der Waals surface area (Å²) < 4.78 is 4.35. The first-order valence-electron chi connectivity index (χ1n) is 14.9. The molecule has 1 heterocycles. The highest BCUT2D eigenvalue weighted by Crippen LogP contribution is 2.48. The van der Waals surface area contributed by atoms with Crippen molar-refractivity contribution in [3.63, 3.8) is 0 Å². The van der Waals surface area contributed by atoms with Crippen LogP contribution in [0.1, 0.15) is 94.6 Å². The maximum Gasteiger partial charge on any atom is 0.242 e. The predicted octanol–water partition coefficient (Wildman–Crippen LogP) is 7.82. The van der Waals surface area contributed by atoms with Crippen LogP contribution in [0, 0.1) is 5.92 Å². The van der Waals surface area contributed by atoms with Gasteiger partial charge < -0.3 is 15.4 Å². The molecule has 0 saturated carbocycles. The van der Waals surface area contributed by atoms with Gasteiger partial charge in [-0.1, -0.05) is 101 Å². The van der Waals surface area contributed by atoms with E-state index in [1.54, 1.807) is 18.9 Å². The van der Waals surface area contributed by atoms with Crippen LogP contribution >= 0.6 is 23.4 Å². The monoisotopic (exact) mass is 586 g/mol. The van der Waals surface area contributed by atoms with Crippen LogP contribution in [0.4, 0.5) is 0 Å². The Kier molecular flexibility index (Phi) is 13.7. The molecule has 3 rings (SSSR count). The number of thioether (sulfide) groups is 1. The van der Waals surface area contributed by atoms with Crippen LogP contribution in [0.25, 0.3) is 0 Å². The van der Waals surface area contributed by atoms with Crippen LogP contribution in [-0.4, -0.2) is 36.3 Å². The summed E-state index contributed by atoms with van der Waals surface area (Å²) in [6.45, 7) is 4.89. The molecule has 220 valence electrons. The summed E-state index contributed by atoms with van der Waals surface area (Å²) in [6, 6.07) is 17.2. The quantitative estimate of drug-likeness (QED) is 0.278. The van der Waals surface area contributed by atoms with Crippen LogP contribution in [0.3, 0.4) is 0 Å². The van der Waals surface area contributed by atoms with Crippen molar-refractivity contribution in [1.29, 1.82) is 0 Å². The minimum Gasteiger partial charge on any atom is -0.497 e. The fourth-order valence-electron chi connectivity index (χ4n) is 5.36. The molecule has 3 atom stereocenters. The Morgan fingerprint density at radius 2 is 1.62 bits per heavy atom. The molecule has 40 heavy (non-hydrogen) atoms. The van der Waals surface area contributed by atoms with Gasteiger partial charge in [0.1, 0.15) is 16.5 Å². The number of carbonyl (C=O) groups is 2. The van der Waals surface area contributed by atoms with Crippen molar-refractivity contribution in [2.24, 2.45) is 5.92 Å². The average Bonchev–Trinajstić information content (AvgIpc) is 2.98. The van der Waals surface area contributed by atoms with E-state index in [1.165, 1.54) is 25.7 Å². The molecule has 1 fully saturated rings. The van der Waals surface area contributed by atoms with Gasteiger partial charge in [-0.05, 0) is 48.4 Å². The lowest BCUT2D eigenvalue weighted by Crippen LogP contribution is -2.55. The lowest BCUT2D eigenvalue weighted by molar-refractivity contribution is -0.130. The van der Waals surface area contributed by atoms with Crippen LogP contribution in [0.5, 0.6) is 5.75 Å². The Balaban J connectivity index is 1.91. The topological polar surface area (TPSA) is 67.4 Å². The molecule has 1 saturated heterocycles. The lowest BCUT2D eigenvalue weighted by Gasteiger charge is -2.38. The second-order valence-electron chi connectivity index (χ2n) is 11.3. The molecular weight excluding hydrogens is 540 g/mol. The van der Waals surface area contributed by atoms with E-state index in [4.69, 9.17) is 16.3 Å². The van der Waals surface area contributed by atoms with Gasteiger partial charge in [-0.25, -0.2) is 0 Å². The van der Waals surface area contributed by atoms with E-state index < -0.39 is 16.2 Å². The third-order valence-corrected chi connectivity index (χ3v) is 9.93. The lowest BCUT2D eigenvalue weighted by atomic mass is 9.88. The summed E-state index contributed by atoms with van der Waals surface area (Å²) >= 11 is 8.87. The summed E-state index contributed by atoms with van der Waals surface area (Å²) in [5, 5.41) is 5.73. The highest BCUT2D eigenvalue weighted by molar-refractivity contribution is 8.00. The summed E-state index contributed by atoms with van der Waals surface area (Å²) in [7, 11) is 1.65. The van der Waals surface area contributed by atoms with Crippen LogP contribution in [0.15, 0.2) is 54.6 Å². The van der Waals surface area contributed by atoms with Gasteiger partial charge in [0.2, 0.25) is 11.8 Å². The Morgan fingerprint density at radius 1 is 1.00 bits per heavy atom. The maximum atomic E-state index is 14.5. The third-order valence-electron chi connectivity index (χ3n) is 7.59. The van der Waals surface area contributed by atoms with Crippen molar-refractivity contribution >= 4 is 35.2 Å². The molecule has 5 nitrogen and oxygen atoms in total. The molecule has 1 aliphatic heterocycles. The standard InChI is InChI=1S/C33H47ClN2O3S/c1-25(2)23-33(30(34)27-15-11-10-12-16-27,40-24-26-18-20-28(39-3)21-19-26)32(38)36-29-17-13-8-6-4-5-7-9-14-22-35-31(29)37/h10-12,15-16,18-21,25,29-30H,4-9,13-14,17,22-24H2,1-3H3,(H,35,37)(H,36,38). The number of benzene rings is 2. The van der Waals surface area contributed by atoms with Crippen LogP contribution in [0.2, 0.25) is 0 Å². The van der Waals surface area contributed by atoms with Crippen LogP contribution in [-0.2, 0) is 15.3 Å². The van der Waals surface area contributed by atoms with Crippen LogP contribution < -0.4 is 15.4 Å². The molecule has 0 spiro atoms. The molecule has 0 radical (unpaired) electrons. The van der Waals surface area contributed by atoms with Crippen molar-refractivity contribution in [3.05, 3.63) is 65.7 Å². The number of halogens is 1. The number of rotatable bonds is 10. The SMILES string of the molecule is COc1ccc(CSC(CC(C)C)(C(=O)NC2CCCCCCCCCCNC2=O)C(Cl)c2ccccc2)cc1. The number of carbonyl (C=O) groups excluding carboxylic acids is 2. The van der Waals surface area contributed by atoms with Gasteiger partial charge in [-0.3, -0.25) is 9.59 Å². The van der Waals surface area contributed by atoms with Gasteiger partial charge in [-0.15, -0.1) is 23.4 Å². The Bertz CT molecular complexity index is 1030. The zero-order chi connectivity index (χ0) is 28.8. The first-order valence-corrected chi connectivity index (χ1v) is 16.3. The normalized spacial score (nSPS) is 19.7. The predicted molar refractivity (Wildman–Crippen MR) is 168 cm³/mol. The zero-order valence-electron chi connectivity index (χ0n) is 24.4. The van der Waals surface area contributed by atoms with E-state index in [0.717, 1.165) is 42.6 Å². The van der Waals surface area contributed by atoms with Gasteiger partial charge in [-0.2, -0.15) is 0 Å². The molecule has 7 heteroatoms. The highest BCUT2D eigenvalue weighted by Gasteiger charge is 2.47. The number of alkyl halides is 1. The fraction of sp³-hybridized carbons (Fsp3) is 0.576. The smallest absolute Gasteiger partial charge is 0.242 e. The fourth-order valence-corrected chi connectivity index (χ4v) is 7.42. The third kappa shape index (κ3) is 9.73. The number of amides is 2. The first-order chi connectivity index (χ1) is 19.4. The van der Waals surface area contributed by atoms with Crippen molar-refractivity contribution in [2.75, 3.05) is 13.7 Å². The van der Waals surface area contributed by atoms with E-state index in [9.17, 15) is 9.59 Å². The van der Waals surface area contributed by atoms with E-state index in [-0.39, 0.29) is 17.7 Å². The molecule has 0 aromatic heterocycles. The summed E-state index contributed by atoms with van der Waals surface area (Å²) in [4.78, 5) is 27.8. The molecule has 2 aromatic carbocycles. The summed E-state index contributed by atoms with van der Waals surface area (Å²) in [5.74, 6) is 1.37. The second-order valence-corrected chi connectivity index (χ2v) is 13.1. The highest BCUT2D eigenvalue weighted by atomic mass is 35.5. The van der Waals surface area contributed by atoms with Gasteiger partial charge >= 0.3 is 0 Å². The maximum absolute atomic E-state index is 14.5. The second kappa shape index (κ2) is 16.9. The number of ether oxygens (including phenoxy) is 1. The zero-order valence-corrected chi connectivity index (χ0v) is 26.0. The molecule has 2 N–H and O–H groups in total. The Labute approximate surface area is 250 Å². The molecular formula is C33H47ClN2O3S. The molecule has 0 aliphatic carbocycles. The van der Waals surface area contributed by atoms with Crippen molar-refractivity contribution in [2.45, 2.75) is 100.0 Å². The molecule has 2 amide bonds. The van der Waals surface area contributed by atoms with Crippen molar-refractivity contribution < 1.29 is 14.3 Å². The van der Waals surface area contributed by atoms with E-state index in [0.29, 0.717) is 25.1 Å². The van der Waals surface area contributed by atoms with Crippen molar-refractivity contribution in [1.82, 2.24) is 10.6 Å². The summed E-state index contributed by atoms with van der Waals surface area (Å²) in [6.07, 6.45) is 10.2. The average molecular weight is 587 g/mol. The number of hydrogen-bond donors (Lipinski definition) is 2. The largest absolute Gasteiger partial charge is 0.497 e. The molecule has 2 aromatic rings. The van der Waals surface area contributed by atoms with Gasteiger partial charge in [0.15, 0.2) is 0 Å². The van der Waals surface area contributed by atoms with Gasteiger partial charge in [0, 0.05) is 12.3 Å². The van der Waals surface area contributed by atoms with Crippen molar-refractivity contribution in [3.8, 4) is 5.75 Å². The van der Waals surface area contributed by atoms with E-state index in [2.05, 4.69) is 24.5 Å². The minimum absolute atomic E-state index is 0.0861. The Hall–Kier alpha value is -2.18. The first kappa shape index (κ1) is 32.3. The number of nitrogens with one attached hydrogen (secondary N) is 2. The molecule has 1 aliphatic rings. The number of methoxy groups -OCH3 is 1. The van der Waals surface area contributed by atoms with Gasteiger partial charge in [0.05, 0.1) is 12.5 Å². The molecule has 3 unspecified atom stereocenters. The van der Waals surface area contributed by atoms with E-state index >= 15 is 0 Å². The minimum atomic E-state index is -0.974. The number of hydrogen-bond acceptors (Lipinski definition) is 4. The molecule has 0 bridgehead atoms. The van der Waals surface area contributed by atoms with E-state index in [1.807, 2.05) is 54.6 Å².